The van der Waals surface area contributed by atoms with Gasteiger partial charge in [-0.2, -0.15) is 0 Å². The standard InChI is InChI=1S/C23H29N3O2/c1-2-28-22-12-8-18(9-13-22)24-23(27)25-19-14-20-10-11-21(15-19)26(20)16-17-6-4-3-5-7-17/h3-9,12-13,19-21H,2,10-11,14-16H2,1H3,(H2,24,25,27)/t19?,20-,21+. The molecule has 2 aromatic rings. The number of nitrogens with one attached hydrogen (secondary N) is 2. The van der Waals surface area contributed by atoms with Gasteiger partial charge in [0.2, 0.25) is 0 Å². The summed E-state index contributed by atoms with van der Waals surface area (Å²) in [5.41, 5.74) is 2.16. The van der Waals surface area contributed by atoms with Crippen molar-refractivity contribution in [2.24, 2.45) is 0 Å². The number of fused-ring (bicyclic) bond motifs is 2. The lowest BCUT2D eigenvalue weighted by Crippen LogP contribution is -2.50. The molecule has 0 spiro atoms. The number of nitrogens with zero attached hydrogens (tertiary/aromatic N) is 1. The van der Waals surface area contributed by atoms with E-state index in [-0.39, 0.29) is 12.1 Å². The number of benzene rings is 2. The van der Waals surface area contributed by atoms with Crippen LogP contribution >= 0.6 is 0 Å². The summed E-state index contributed by atoms with van der Waals surface area (Å²) in [7, 11) is 0. The minimum absolute atomic E-state index is 0.120. The Balaban J connectivity index is 1.29. The Labute approximate surface area is 167 Å². The number of urea groups is 1. The second-order valence-corrected chi connectivity index (χ2v) is 7.77. The molecule has 5 nitrogen and oxygen atoms in total. The number of hydrogen-bond acceptors (Lipinski definition) is 3. The van der Waals surface area contributed by atoms with Crippen LogP contribution < -0.4 is 15.4 Å². The Morgan fingerprint density at radius 2 is 1.71 bits per heavy atom. The van der Waals surface area contributed by atoms with Gasteiger partial charge < -0.3 is 15.4 Å². The average molecular weight is 380 g/mol. The lowest BCUT2D eigenvalue weighted by atomic mass is 9.96. The van der Waals surface area contributed by atoms with Crippen molar-refractivity contribution in [2.75, 3.05) is 11.9 Å². The molecule has 2 heterocycles. The van der Waals surface area contributed by atoms with Crippen molar-refractivity contribution >= 4 is 11.7 Å². The zero-order valence-corrected chi connectivity index (χ0v) is 16.4. The molecule has 2 bridgehead atoms. The zero-order chi connectivity index (χ0) is 19.3. The third-order valence-corrected chi connectivity index (χ3v) is 5.85. The van der Waals surface area contributed by atoms with Gasteiger partial charge in [-0.3, -0.25) is 4.90 Å². The van der Waals surface area contributed by atoms with Crippen molar-refractivity contribution in [1.82, 2.24) is 10.2 Å². The van der Waals surface area contributed by atoms with Gasteiger partial charge in [0.15, 0.2) is 0 Å². The van der Waals surface area contributed by atoms with E-state index in [1.54, 1.807) is 0 Å². The molecule has 5 heteroatoms. The fourth-order valence-corrected chi connectivity index (χ4v) is 4.60. The van der Waals surface area contributed by atoms with Gasteiger partial charge >= 0.3 is 6.03 Å². The largest absolute Gasteiger partial charge is 0.494 e. The first-order valence-electron chi connectivity index (χ1n) is 10.3. The summed E-state index contributed by atoms with van der Waals surface area (Å²) in [6, 6.07) is 19.4. The molecule has 28 heavy (non-hydrogen) atoms. The SMILES string of the molecule is CCOc1ccc(NC(=O)NC2C[C@H]3CC[C@@H](C2)N3Cc2ccccc2)cc1. The van der Waals surface area contributed by atoms with E-state index in [2.05, 4.69) is 45.9 Å². The van der Waals surface area contributed by atoms with Crippen molar-refractivity contribution in [1.29, 1.82) is 0 Å². The van der Waals surface area contributed by atoms with Crippen LogP contribution in [0.25, 0.3) is 0 Å². The highest BCUT2D eigenvalue weighted by Crippen LogP contribution is 2.36. The Bertz CT molecular complexity index is 764. The molecule has 1 unspecified atom stereocenters. The van der Waals surface area contributed by atoms with E-state index in [1.807, 2.05) is 31.2 Å². The van der Waals surface area contributed by atoms with Crippen LogP contribution in [-0.2, 0) is 6.54 Å². The number of piperidine rings is 1. The molecule has 0 radical (unpaired) electrons. The quantitative estimate of drug-likeness (QED) is 0.782. The first-order valence-corrected chi connectivity index (χ1v) is 10.3. The third-order valence-electron chi connectivity index (χ3n) is 5.85. The van der Waals surface area contributed by atoms with E-state index in [1.165, 1.54) is 18.4 Å². The second kappa shape index (κ2) is 8.65. The summed E-state index contributed by atoms with van der Waals surface area (Å²) in [6.45, 7) is 3.61. The number of ether oxygens (including phenoxy) is 1. The number of anilines is 1. The predicted octanol–water partition coefficient (Wildman–Crippen LogP) is 4.40. The molecule has 3 atom stereocenters. The number of carbonyl (C=O) groups excluding carboxylic acids is 1. The monoisotopic (exact) mass is 379 g/mol. The van der Waals surface area contributed by atoms with Gasteiger partial charge in [0.1, 0.15) is 5.75 Å². The normalized spacial score (nSPS) is 24.0. The molecule has 0 aromatic heterocycles. The number of hydrogen-bond donors (Lipinski definition) is 2. The molecule has 2 saturated heterocycles. The van der Waals surface area contributed by atoms with E-state index >= 15 is 0 Å². The van der Waals surface area contributed by atoms with Gasteiger partial charge in [0.05, 0.1) is 6.61 Å². The van der Waals surface area contributed by atoms with Gasteiger partial charge in [0, 0.05) is 30.4 Å². The molecule has 0 aliphatic carbocycles. The number of amides is 2. The van der Waals surface area contributed by atoms with E-state index in [9.17, 15) is 4.79 Å². The van der Waals surface area contributed by atoms with Gasteiger partial charge in [-0.25, -0.2) is 4.79 Å². The minimum Gasteiger partial charge on any atom is -0.494 e. The fraction of sp³-hybridized carbons (Fsp3) is 0.435. The topological polar surface area (TPSA) is 53.6 Å². The highest BCUT2D eigenvalue weighted by molar-refractivity contribution is 5.89. The van der Waals surface area contributed by atoms with Crippen molar-refractivity contribution in [2.45, 2.75) is 57.3 Å². The van der Waals surface area contributed by atoms with Crippen LogP contribution in [0.2, 0.25) is 0 Å². The van der Waals surface area contributed by atoms with Gasteiger partial charge in [0.25, 0.3) is 0 Å². The molecule has 0 saturated carbocycles. The maximum absolute atomic E-state index is 12.4. The number of rotatable bonds is 6. The maximum atomic E-state index is 12.4. The maximum Gasteiger partial charge on any atom is 0.319 e. The van der Waals surface area contributed by atoms with Crippen LogP contribution in [-0.4, -0.2) is 35.7 Å². The summed E-state index contributed by atoms with van der Waals surface area (Å²) < 4.78 is 5.44. The van der Waals surface area contributed by atoms with E-state index in [0.29, 0.717) is 18.7 Å². The zero-order valence-electron chi connectivity index (χ0n) is 16.4. The fourth-order valence-electron chi connectivity index (χ4n) is 4.60. The molecule has 2 N–H and O–H groups in total. The van der Waals surface area contributed by atoms with Crippen LogP contribution in [0.3, 0.4) is 0 Å². The lowest BCUT2D eigenvalue weighted by molar-refractivity contribution is 0.112. The Hall–Kier alpha value is -2.53. The van der Waals surface area contributed by atoms with Crippen LogP contribution in [0.4, 0.5) is 10.5 Å². The van der Waals surface area contributed by atoms with Crippen LogP contribution in [0.15, 0.2) is 54.6 Å². The minimum atomic E-state index is -0.120. The Kier molecular flexibility index (Phi) is 5.81. The molecule has 2 aliphatic heterocycles. The molecule has 148 valence electrons. The summed E-state index contributed by atoms with van der Waals surface area (Å²) in [4.78, 5) is 15.1. The third kappa shape index (κ3) is 4.47. The van der Waals surface area contributed by atoms with Crippen LogP contribution in [0.1, 0.15) is 38.2 Å². The lowest BCUT2D eigenvalue weighted by Gasteiger charge is -2.39. The molecule has 2 fully saturated rings. The summed E-state index contributed by atoms with van der Waals surface area (Å²) >= 11 is 0. The van der Waals surface area contributed by atoms with E-state index in [4.69, 9.17) is 4.74 Å². The predicted molar refractivity (Wildman–Crippen MR) is 112 cm³/mol. The van der Waals surface area contributed by atoms with Gasteiger partial charge in [-0.1, -0.05) is 30.3 Å². The summed E-state index contributed by atoms with van der Waals surface area (Å²) in [5.74, 6) is 0.816. The smallest absolute Gasteiger partial charge is 0.319 e. The summed E-state index contributed by atoms with van der Waals surface area (Å²) in [6.07, 6.45) is 4.52. The first kappa shape index (κ1) is 18.8. The Morgan fingerprint density at radius 3 is 2.36 bits per heavy atom. The van der Waals surface area contributed by atoms with Gasteiger partial charge in [-0.15, -0.1) is 0 Å². The highest BCUT2D eigenvalue weighted by atomic mass is 16.5. The molecule has 2 amide bonds. The van der Waals surface area contributed by atoms with E-state index in [0.717, 1.165) is 30.8 Å². The average Bonchev–Trinajstić information content (AvgIpc) is 2.93. The van der Waals surface area contributed by atoms with E-state index < -0.39 is 0 Å². The Morgan fingerprint density at radius 1 is 1.04 bits per heavy atom. The molecular formula is C23H29N3O2. The van der Waals surface area contributed by atoms with Crippen molar-refractivity contribution in [3.8, 4) is 5.75 Å². The molecule has 2 aromatic carbocycles. The highest BCUT2D eigenvalue weighted by Gasteiger charge is 2.40. The summed E-state index contributed by atoms with van der Waals surface area (Å²) in [5, 5.41) is 6.12. The van der Waals surface area contributed by atoms with Crippen molar-refractivity contribution in [3.63, 3.8) is 0 Å². The van der Waals surface area contributed by atoms with Gasteiger partial charge in [-0.05, 0) is 62.4 Å². The second-order valence-electron chi connectivity index (χ2n) is 7.77. The number of carbonyl (C=O) groups is 1. The van der Waals surface area contributed by atoms with Crippen LogP contribution in [0, 0.1) is 0 Å². The van der Waals surface area contributed by atoms with Crippen molar-refractivity contribution in [3.05, 3.63) is 60.2 Å². The molecular weight excluding hydrogens is 350 g/mol. The van der Waals surface area contributed by atoms with Crippen molar-refractivity contribution < 1.29 is 9.53 Å². The molecule has 2 aliphatic rings. The first-order chi connectivity index (χ1) is 13.7. The molecule has 4 rings (SSSR count). The van der Waals surface area contributed by atoms with Crippen LogP contribution in [0.5, 0.6) is 5.75 Å².